The summed E-state index contributed by atoms with van der Waals surface area (Å²) in [5.74, 6) is 0. The van der Waals surface area contributed by atoms with Gasteiger partial charge in [-0.15, -0.1) is 0 Å². The summed E-state index contributed by atoms with van der Waals surface area (Å²) in [5.41, 5.74) is -0.208. The van der Waals surface area contributed by atoms with Crippen LogP contribution in [-0.4, -0.2) is 40.9 Å². The molecule has 1 fully saturated rings. The standard InChI is InChI=1S/C14H20N4O4/c19-17(20)12-5-6-13(14(11-12)18(21)22)15-7-10-16-8-3-1-2-4-9-16/h5-6,11,15H,1-4,7-10H2. The van der Waals surface area contributed by atoms with Crippen molar-refractivity contribution >= 4 is 17.1 Å². The summed E-state index contributed by atoms with van der Waals surface area (Å²) in [6.45, 7) is 3.51. The molecule has 0 radical (unpaired) electrons. The maximum Gasteiger partial charge on any atom is 0.299 e. The van der Waals surface area contributed by atoms with Crippen LogP contribution in [0.25, 0.3) is 0 Å². The molecule has 1 aromatic rings. The molecule has 0 amide bonds. The fourth-order valence-electron chi connectivity index (χ4n) is 2.64. The Hall–Kier alpha value is -2.22. The first-order valence-corrected chi connectivity index (χ1v) is 7.47. The molecule has 0 aliphatic carbocycles. The number of hydrogen-bond donors (Lipinski definition) is 1. The third kappa shape index (κ3) is 4.39. The van der Waals surface area contributed by atoms with Gasteiger partial charge < -0.3 is 10.2 Å². The molecule has 2 rings (SSSR count). The van der Waals surface area contributed by atoms with Gasteiger partial charge >= 0.3 is 0 Å². The number of nitrogens with one attached hydrogen (secondary N) is 1. The van der Waals surface area contributed by atoms with Crippen molar-refractivity contribution in [3.63, 3.8) is 0 Å². The highest BCUT2D eigenvalue weighted by molar-refractivity contribution is 5.65. The van der Waals surface area contributed by atoms with E-state index in [-0.39, 0.29) is 11.4 Å². The van der Waals surface area contributed by atoms with E-state index in [1.807, 2.05) is 0 Å². The zero-order chi connectivity index (χ0) is 15.9. The highest BCUT2D eigenvalue weighted by Gasteiger charge is 2.19. The quantitative estimate of drug-likeness (QED) is 0.640. The minimum atomic E-state index is -0.631. The van der Waals surface area contributed by atoms with Crippen LogP contribution < -0.4 is 5.32 Å². The topological polar surface area (TPSA) is 102 Å². The van der Waals surface area contributed by atoms with Crippen LogP contribution in [0, 0.1) is 20.2 Å². The Morgan fingerprint density at radius 1 is 1.05 bits per heavy atom. The molecule has 1 heterocycles. The van der Waals surface area contributed by atoms with Crippen molar-refractivity contribution in [2.24, 2.45) is 0 Å². The van der Waals surface area contributed by atoms with Gasteiger partial charge in [-0.25, -0.2) is 0 Å². The van der Waals surface area contributed by atoms with Crippen LogP contribution in [0.5, 0.6) is 0 Å². The average molecular weight is 308 g/mol. The number of benzene rings is 1. The van der Waals surface area contributed by atoms with Crippen molar-refractivity contribution in [2.45, 2.75) is 25.7 Å². The third-order valence-electron chi connectivity index (χ3n) is 3.83. The van der Waals surface area contributed by atoms with Crippen LogP contribution in [-0.2, 0) is 0 Å². The molecular formula is C14H20N4O4. The first-order valence-electron chi connectivity index (χ1n) is 7.47. The van der Waals surface area contributed by atoms with Gasteiger partial charge in [0.15, 0.2) is 0 Å². The molecule has 1 aromatic carbocycles. The summed E-state index contributed by atoms with van der Waals surface area (Å²) in [7, 11) is 0. The van der Waals surface area contributed by atoms with Crippen molar-refractivity contribution in [3.05, 3.63) is 38.4 Å². The molecule has 0 aromatic heterocycles. The van der Waals surface area contributed by atoms with E-state index in [1.54, 1.807) is 0 Å². The fraction of sp³-hybridized carbons (Fsp3) is 0.571. The van der Waals surface area contributed by atoms with Crippen LogP contribution in [0.4, 0.5) is 17.1 Å². The summed E-state index contributed by atoms with van der Waals surface area (Å²) in [6.07, 6.45) is 4.91. The van der Waals surface area contributed by atoms with Crippen molar-refractivity contribution in [1.29, 1.82) is 0 Å². The van der Waals surface area contributed by atoms with Crippen LogP contribution in [0.1, 0.15) is 25.7 Å². The second-order valence-corrected chi connectivity index (χ2v) is 5.40. The lowest BCUT2D eigenvalue weighted by Gasteiger charge is -2.20. The van der Waals surface area contributed by atoms with E-state index < -0.39 is 9.85 Å². The van der Waals surface area contributed by atoms with Gasteiger partial charge in [-0.05, 0) is 32.0 Å². The van der Waals surface area contributed by atoms with Crippen molar-refractivity contribution in [3.8, 4) is 0 Å². The van der Waals surface area contributed by atoms with Gasteiger partial charge in [-0.3, -0.25) is 20.2 Å². The molecule has 1 saturated heterocycles. The number of hydrogen-bond acceptors (Lipinski definition) is 6. The molecule has 0 bridgehead atoms. The SMILES string of the molecule is O=[N+]([O-])c1ccc(NCCN2CCCCCC2)c([N+](=O)[O-])c1. The molecule has 120 valence electrons. The number of nitrogens with zero attached hydrogens (tertiary/aromatic N) is 3. The molecule has 0 atom stereocenters. The van der Waals surface area contributed by atoms with Crippen LogP contribution >= 0.6 is 0 Å². The number of nitro groups is 2. The summed E-state index contributed by atoms with van der Waals surface area (Å²) < 4.78 is 0. The molecule has 22 heavy (non-hydrogen) atoms. The summed E-state index contributed by atoms with van der Waals surface area (Å²) in [6, 6.07) is 3.67. The van der Waals surface area contributed by atoms with Crippen LogP contribution in [0.3, 0.4) is 0 Å². The van der Waals surface area contributed by atoms with E-state index in [4.69, 9.17) is 0 Å². The smallest absolute Gasteiger partial charge is 0.299 e. The summed E-state index contributed by atoms with van der Waals surface area (Å²) in [4.78, 5) is 22.9. The fourth-order valence-corrected chi connectivity index (χ4v) is 2.64. The molecule has 0 saturated carbocycles. The molecule has 8 heteroatoms. The second-order valence-electron chi connectivity index (χ2n) is 5.40. The van der Waals surface area contributed by atoms with Gasteiger partial charge in [0.2, 0.25) is 0 Å². The molecular weight excluding hydrogens is 288 g/mol. The third-order valence-corrected chi connectivity index (χ3v) is 3.83. The molecule has 1 aliphatic heterocycles. The lowest BCUT2D eigenvalue weighted by atomic mass is 10.2. The first kappa shape index (κ1) is 16.2. The highest BCUT2D eigenvalue weighted by atomic mass is 16.6. The lowest BCUT2D eigenvalue weighted by molar-refractivity contribution is -0.393. The largest absolute Gasteiger partial charge is 0.378 e. The predicted molar refractivity (Wildman–Crippen MR) is 83.1 cm³/mol. The maximum atomic E-state index is 11.0. The van der Waals surface area contributed by atoms with E-state index in [2.05, 4.69) is 10.2 Å². The number of non-ortho nitro benzene ring substituents is 1. The second kappa shape index (κ2) is 7.69. The van der Waals surface area contributed by atoms with Crippen LogP contribution in [0.15, 0.2) is 18.2 Å². The Morgan fingerprint density at radius 3 is 2.32 bits per heavy atom. The summed E-state index contributed by atoms with van der Waals surface area (Å²) >= 11 is 0. The monoisotopic (exact) mass is 308 g/mol. The molecule has 0 spiro atoms. The first-order chi connectivity index (χ1) is 10.6. The van der Waals surface area contributed by atoms with Crippen molar-refractivity contribution in [2.75, 3.05) is 31.5 Å². The molecule has 1 aliphatic rings. The van der Waals surface area contributed by atoms with Gasteiger partial charge in [0.1, 0.15) is 5.69 Å². The average Bonchev–Trinajstić information content (AvgIpc) is 2.76. The van der Waals surface area contributed by atoms with E-state index in [1.165, 1.54) is 37.8 Å². The van der Waals surface area contributed by atoms with Crippen molar-refractivity contribution in [1.82, 2.24) is 4.90 Å². The maximum absolute atomic E-state index is 11.0. The van der Waals surface area contributed by atoms with E-state index in [0.717, 1.165) is 25.7 Å². The Balaban J connectivity index is 1.96. The zero-order valence-electron chi connectivity index (χ0n) is 12.4. The van der Waals surface area contributed by atoms with E-state index >= 15 is 0 Å². The number of anilines is 1. The van der Waals surface area contributed by atoms with Gasteiger partial charge in [-0.1, -0.05) is 12.8 Å². The minimum absolute atomic E-state index is 0.259. The predicted octanol–water partition coefficient (Wildman–Crippen LogP) is 2.79. The van der Waals surface area contributed by atoms with E-state index in [0.29, 0.717) is 12.2 Å². The Kier molecular flexibility index (Phi) is 5.65. The number of rotatable bonds is 6. The Labute approximate surface area is 128 Å². The number of likely N-dealkylation sites (tertiary alicyclic amines) is 1. The number of nitro benzene ring substituents is 2. The molecule has 0 unspecified atom stereocenters. The van der Waals surface area contributed by atoms with Crippen LogP contribution in [0.2, 0.25) is 0 Å². The highest BCUT2D eigenvalue weighted by Crippen LogP contribution is 2.28. The molecule has 8 nitrogen and oxygen atoms in total. The minimum Gasteiger partial charge on any atom is -0.378 e. The van der Waals surface area contributed by atoms with Gasteiger partial charge in [0, 0.05) is 19.2 Å². The van der Waals surface area contributed by atoms with Crippen molar-refractivity contribution < 1.29 is 9.85 Å². The normalized spacial score (nSPS) is 16.0. The van der Waals surface area contributed by atoms with Gasteiger partial charge in [-0.2, -0.15) is 0 Å². The lowest BCUT2D eigenvalue weighted by Crippen LogP contribution is -2.30. The summed E-state index contributed by atoms with van der Waals surface area (Å²) in [5, 5.41) is 24.8. The van der Waals surface area contributed by atoms with Gasteiger partial charge in [0.05, 0.1) is 15.9 Å². The Bertz CT molecular complexity index is 542. The zero-order valence-corrected chi connectivity index (χ0v) is 12.4. The van der Waals surface area contributed by atoms with E-state index in [9.17, 15) is 20.2 Å². The van der Waals surface area contributed by atoms with Gasteiger partial charge in [0.25, 0.3) is 11.4 Å². The molecule has 1 N–H and O–H groups in total. The Morgan fingerprint density at radius 2 is 1.73 bits per heavy atom.